The van der Waals surface area contributed by atoms with Gasteiger partial charge in [0.15, 0.2) is 0 Å². The summed E-state index contributed by atoms with van der Waals surface area (Å²) < 4.78 is 1.88. The molecule has 3 heterocycles. The summed E-state index contributed by atoms with van der Waals surface area (Å²) in [5, 5.41) is 0. The van der Waals surface area contributed by atoms with Crippen LogP contribution in [0.25, 0.3) is 5.65 Å². The normalized spacial score (nSPS) is 14.1. The van der Waals surface area contributed by atoms with Crippen LogP contribution in [0.5, 0.6) is 0 Å². The molecule has 0 aliphatic carbocycles. The Kier molecular flexibility index (Phi) is 2.96. The van der Waals surface area contributed by atoms with Crippen LogP contribution < -0.4 is 4.90 Å². The lowest BCUT2D eigenvalue weighted by Crippen LogP contribution is -2.36. The number of hydrogen-bond donors (Lipinski definition) is 0. The second kappa shape index (κ2) is 4.98. The van der Waals surface area contributed by atoms with Crippen molar-refractivity contribution in [3.63, 3.8) is 0 Å². The standard InChI is InChI=1S/C18H17N3O/c1-13-17(21-11-5-4-10-16(21)19-13)18(22)20-12-6-8-14-7-2-3-9-15(14)20/h2-5,7,9-11H,6,8,12H2,1H3. The molecule has 0 atom stereocenters. The fourth-order valence-corrected chi connectivity index (χ4v) is 3.24. The molecule has 0 N–H and O–H groups in total. The molecule has 1 aliphatic rings. The zero-order valence-electron chi connectivity index (χ0n) is 12.5. The molecule has 0 unspecified atom stereocenters. The maximum atomic E-state index is 13.1. The van der Waals surface area contributed by atoms with Crippen LogP contribution in [-0.2, 0) is 6.42 Å². The predicted molar refractivity (Wildman–Crippen MR) is 86.4 cm³/mol. The van der Waals surface area contributed by atoms with Gasteiger partial charge in [0.05, 0.1) is 5.69 Å². The van der Waals surface area contributed by atoms with Gasteiger partial charge in [0.1, 0.15) is 11.3 Å². The van der Waals surface area contributed by atoms with Gasteiger partial charge in [-0.2, -0.15) is 0 Å². The van der Waals surface area contributed by atoms with Crippen LogP contribution in [0.15, 0.2) is 48.7 Å². The molecule has 1 aromatic carbocycles. The number of aromatic nitrogens is 2. The monoisotopic (exact) mass is 291 g/mol. The highest BCUT2D eigenvalue weighted by atomic mass is 16.2. The molecule has 0 saturated carbocycles. The van der Waals surface area contributed by atoms with Gasteiger partial charge in [0.2, 0.25) is 0 Å². The van der Waals surface area contributed by atoms with Gasteiger partial charge in [0.25, 0.3) is 5.91 Å². The Hall–Kier alpha value is -2.62. The first kappa shape index (κ1) is 13.1. The first-order valence-electron chi connectivity index (χ1n) is 7.59. The molecule has 110 valence electrons. The van der Waals surface area contributed by atoms with E-state index in [0.29, 0.717) is 5.69 Å². The Morgan fingerprint density at radius 1 is 1.14 bits per heavy atom. The summed E-state index contributed by atoms with van der Waals surface area (Å²) in [6.07, 6.45) is 3.93. The van der Waals surface area contributed by atoms with Gasteiger partial charge in [-0.25, -0.2) is 4.98 Å². The molecule has 2 aromatic heterocycles. The van der Waals surface area contributed by atoms with Crippen molar-refractivity contribution in [2.24, 2.45) is 0 Å². The number of nitrogens with zero attached hydrogens (tertiary/aromatic N) is 3. The number of hydrogen-bond acceptors (Lipinski definition) is 2. The first-order chi connectivity index (χ1) is 10.8. The summed E-state index contributed by atoms with van der Waals surface area (Å²) in [6.45, 7) is 2.66. The number of benzene rings is 1. The number of para-hydroxylation sites is 1. The van der Waals surface area contributed by atoms with Crippen LogP contribution in [0.2, 0.25) is 0 Å². The molecule has 4 heteroatoms. The minimum Gasteiger partial charge on any atom is -0.307 e. The quantitative estimate of drug-likeness (QED) is 0.690. The molecular formula is C18H17N3O. The van der Waals surface area contributed by atoms with E-state index in [1.165, 1.54) is 5.56 Å². The summed E-state index contributed by atoms with van der Waals surface area (Å²) in [4.78, 5) is 19.5. The lowest BCUT2D eigenvalue weighted by Gasteiger charge is -2.29. The Balaban J connectivity index is 1.84. The van der Waals surface area contributed by atoms with Crippen LogP contribution in [0.1, 0.15) is 28.2 Å². The van der Waals surface area contributed by atoms with E-state index < -0.39 is 0 Å². The molecule has 0 saturated heterocycles. The van der Waals surface area contributed by atoms with Crippen molar-refractivity contribution in [3.8, 4) is 0 Å². The lowest BCUT2D eigenvalue weighted by molar-refractivity contribution is 0.0979. The molecule has 0 bridgehead atoms. The first-order valence-corrected chi connectivity index (χ1v) is 7.59. The van der Waals surface area contributed by atoms with Crippen molar-refractivity contribution in [2.75, 3.05) is 11.4 Å². The average molecular weight is 291 g/mol. The summed E-state index contributed by atoms with van der Waals surface area (Å²) in [7, 11) is 0. The van der Waals surface area contributed by atoms with E-state index in [-0.39, 0.29) is 5.91 Å². The third-order valence-corrected chi connectivity index (χ3v) is 4.26. The van der Waals surface area contributed by atoms with Crippen LogP contribution >= 0.6 is 0 Å². The highest BCUT2D eigenvalue weighted by Crippen LogP contribution is 2.28. The van der Waals surface area contributed by atoms with Crippen molar-refractivity contribution in [3.05, 3.63) is 65.6 Å². The molecule has 22 heavy (non-hydrogen) atoms. The van der Waals surface area contributed by atoms with E-state index >= 15 is 0 Å². The van der Waals surface area contributed by atoms with Crippen LogP contribution in [0, 0.1) is 6.92 Å². The van der Waals surface area contributed by atoms with Gasteiger partial charge in [-0.15, -0.1) is 0 Å². The number of rotatable bonds is 1. The van der Waals surface area contributed by atoms with Crippen molar-refractivity contribution in [1.82, 2.24) is 9.38 Å². The maximum Gasteiger partial charge on any atom is 0.277 e. The van der Waals surface area contributed by atoms with Crippen molar-refractivity contribution in [1.29, 1.82) is 0 Å². The van der Waals surface area contributed by atoms with Gasteiger partial charge < -0.3 is 4.90 Å². The van der Waals surface area contributed by atoms with Gasteiger partial charge in [0, 0.05) is 18.4 Å². The predicted octanol–water partition coefficient (Wildman–Crippen LogP) is 3.24. The van der Waals surface area contributed by atoms with E-state index in [1.807, 2.05) is 58.8 Å². The second-order valence-electron chi connectivity index (χ2n) is 5.66. The number of imidazole rings is 1. The van der Waals surface area contributed by atoms with Gasteiger partial charge in [-0.1, -0.05) is 24.3 Å². The van der Waals surface area contributed by atoms with Crippen LogP contribution in [0.4, 0.5) is 5.69 Å². The minimum absolute atomic E-state index is 0.0309. The molecule has 0 spiro atoms. The summed E-state index contributed by atoms with van der Waals surface area (Å²) in [6, 6.07) is 14.0. The third-order valence-electron chi connectivity index (χ3n) is 4.26. The summed E-state index contributed by atoms with van der Waals surface area (Å²) in [5.41, 5.74) is 4.53. The van der Waals surface area contributed by atoms with Crippen molar-refractivity contribution < 1.29 is 4.79 Å². The molecule has 1 aliphatic heterocycles. The SMILES string of the molecule is Cc1nc2ccccn2c1C(=O)N1CCCc2ccccc21. The van der Waals surface area contributed by atoms with E-state index in [1.54, 1.807) is 0 Å². The number of amides is 1. The number of carbonyl (C=O) groups is 1. The van der Waals surface area contributed by atoms with Crippen LogP contribution in [0.3, 0.4) is 0 Å². The Labute approximate surface area is 129 Å². The molecule has 4 nitrogen and oxygen atoms in total. The molecule has 0 radical (unpaired) electrons. The highest BCUT2D eigenvalue weighted by molar-refractivity contribution is 6.06. The molecule has 4 rings (SSSR count). The molecule has 1 amide bonds. The Bertz CT molecular complexity index is 866. The summed E-state index contributed by atoms with van der Waals surface area (Å²) in [5.74, 6) is 0.0309. The Morgan fingerprint density at radius 2 is 1.95 bits per heavy atom. The van der Waals surface area contributed by atoms with Gasteiger partial charge in [-0.3, -0.25) is 9.20 Å². The fourth-order valence-electron chi connectivity index (χ4n) is 3.24. The third kappa shape index (κ3) is 1.91. The molecule has 0 fully saturated rings. The number of anilines is 1. The topological polar surface area (TPSA) is 37.6 Å². The second-order valence-corrected chi connectivity index (χ2v) is 5.66. The number of pyridine rings is 1. The smallest absolute Gasteiger partial charge is 0.277 e. The van der Waals surface area contributed by atoms with Gasteiger partial charge >= 0.3 is 0 Å². The number of carbonyl (C=O) groups excluding carboxylic acids is 1. The maximum absolute atomic E-state index is 13.1. The Morgan fingerprint density at radius 3 is 2.86 bits per heavy atom. The van der Waals surface area contributed by atoms with Gasteiger partial charge in [-0.05, 0) is 43.5 Å². The largest absolute Gasteiger partial charge is 0.307 e. The minimum atomic E-state index is 0.0309. The van der Waals surface area contributed by atoms with Crippen LogP contribution in [-0.4, -0.2) is 21.8 Å². The highest BCUT2D eigenvalue weighted by Gasteiger charge is 2.27. The zero-order valence-corrected chi connectivity index (χ0v) is 12.5. The van der Waals surface area contributed by atoms with E-state index in [4.69, 9.17) is 0 Å². The fraction of sp³-hybridized carbons (Fsp3) is 0.222. The average Bonchev–Trinajstić information content (AvgIpc) is 2.89. The van der Waals surface area contributed by atoms with Crippen molar-refractivity contribution >= 4 is 17.2 Å². The number of fused-ring (bicyclic) bond motifs is 2. The zero-order chi connectivity index (χ0) is 15.1. The van der Waals surface area contributed by atoms with Crippen molar-refractivity contribution in [2.45, 2.75) is 19.8 Å². The lowest BCUT2D eigenvalue weighted by atomic mass is 10.0. The van der Waals surface area contributed by atoms with E-state index in [0.717, 1.165) is 36.4 Å². The number of aryl methyl sites for hydroxylation is 2. The molecule has 3 aromatic rings. The molecular weight excluding hydrogens is 274 g/mol. The van der Waals surface area contributed by atoms with E-state index in [2.05, 4.69) is 11.1 Å². The van der Waals surface area contributed by atoms with E-state index in [9.17, 15) is 4.79 Å². The summed E-state index contributed by atoms with van der Waals surface area (Å²) >= 11 is 0.